The Labute approximate surface area is 174 Å². The van der Waals surface area contributed by atoms with Crippen LogP contribution in [-0.4, -0.2) is 43.6 Å². The van der Waals surface area contributed by atoms with Gasteiger partial charge in [0.05, 0.1) is 11.9 Å². The van der Waals surface area contributed by atoms with Crippen molar-refractivity contribution in [3.8, 4) is 0 Å². The second-order valence-electron chi connectivity index (χ2n) is 5.18. The molecule has 0 aliphatic carbocycles. The molecule has 2 atom stereocenters. The molecule has 2 unspecified atom stereocenters. The zero-order valence-corrected chi connectivity index (χ0v) is 20.1. The molecule has 0 amide bonds. The molecular weight excluding hydrogens is 463 g/mol. The minimum absolute atomic E-state index is 0.149. The molecule has 0 fully saturated rings. The van der Waals surface area contributed by atoms with Crippen molar-refractivity contribution in [3.05, 3.63) is 25.3 Å². The first-order valence-electron chi connectivity index (χ1n) is 8.48. The molecule has 0 saturated heterocycles. The number of rotatable bonds is 12. The predicted molar refractivity (Wildman–Crippen MR) is 110 cm³/mol. The van der Waals surface area contributed by atoms with Crippen molar-refractivity contribution in [1.82, 2.24) is 0 Å². The SMILES string of the molecule is C=CCC(S)C(=O)[O-].C=CCC(S)C(=O)[O-].CCC[CH2][Sn+2][CH2]CCC. The minimum atomic E-state index is -1.15. The topological polar surface area (TPSA) is 80.3 Å². The van der Waals surface area contributed by atoms with E-state index in [0.29, 0.717) is 12.8 Å². The van der Waals surface area contributed by atoms with Gasteiger partial charge in [-0.05, 0) is 12.8 Å². The molecule has 0 aliphatic rings. The zero-order chi connectivity index (χ0) is 20.1. The number of carboxylic acid groups (broad SMARTS) is 2. The van der Waals surface area contributed by atoms with E-state index in [-0.39, 0.29) is 21.1 Å². The van der Waals surface area contributed by atoms with E-state index in [0.717, 1.165) is 0 Å². The van der Waals surface area contributed by atoms with Crippen LogP contribution in [0.2, 0.25) is 8.87 Å². The third kappa shape index (κ3) is 29.0. The van der Waals surface area contributed by atoms with Gasteiger partial charge in [-0.25, -0.2) is 0 Å². The standard InChI is InChI=1S/2C5H8O2S.2C4H9.Sn/c2*1-2-3-4(8)5(6)7;2*1-3-4-2;/h2*2,4,8H,1,3H2,(H,6,7);2*1,3-4H2,2H3;/q;;;;+2/p-2. The second-order valence-corrected chi connectivity index (χ2v) is 10.7. The van der Waals surface area contributed by atoms with Gasteiger partial charge in [0.2, 0.25) is 0 Å². The maximum atomic E-state index is 9.85. The Morgan fingerprint density at radius 3 is 1.40 bits per heavy atom. The fourth-order valence-electron chi connectivity index (χ4n) is 1.24. The molecule has 0 bridgehead atoms. The molecule has 7 heteroatoms. The molecule has 25 heavy (non-hydrogen) atoms. The van der Waals surface area contributed by atoms with Crippen LogP contribution in [0.15, 0.2) is 25.3 Å². The summed E-state index contributed by atoms with van der Waals surface area (Å²) in [5.41, 5.74) is 0. The number of hydrogen-bond acceptors (Lipinski definition) is 6. The fourth-order valence-corrected chi connectivity index (χ4v) is 5.69. The van der Waals surface area contributed by atoms with Crippen molar-refractivity contribution in [3.63, 3.8) is 0 Å². The van der Waals surface area contributed by atoms with Gasteiger partial charge in [0.1, 0.15) is 0 Å². The van der Waals surface area contributed by atoms with Gasteiger partial charge in [-0.2, -0.15) is 25.3 Å². The summed E-state index contributed by atoms with van der Waals surface area (Å²) in [6.45, 7) is 11.3. The molecule has 144 valence electrons. The number of carboxylic acids is 2. The fraction of sp³-hybridized carbons (Fsp3) is 0.667. The summed E-state index contributed by atoms with van der Waals surface area (Å²) >= 11 is 7.49. The molecule has 0 aliphatic heterocycles. The quantitative estimate of drug-likeness (QED) is 0.189. The molecule has 0 radical (unpaired) electrons. The van der Waals surface area contributed by atoms with Gasteiger partial charge in [-0.1, -0.05) is 12.2 Å². The van der Waals surface area contributed by atoms with Crippen molar-refractivity contribution in [2.45, 2.75) is 71.7 Å². The van der Waals surface area contributed by atoms with Crippen LogP contribution in [0.4, 0.5) is 0 Å². The Bertz CT molecular complexity index is 320. The summed E-state index contributed by atoms with van der Waals surface area (Å²) in [4.78, 5) is 19.7. The van der Waals surface area contributed by atoms with Crippen LogP contribution in [0.3, 0.4) is 0 Å². The van der Waals surface area contributed by atoms with Crippen LogP contribution >= 0.6 is 25.3 Å². The van der Waals surface area contributed by atoms with Crippen molar-refractivity contribution in [1.29, 1.82) is 0 Å². The van der Waals surface area contributed by atoms with E-state index in [2.05, 4.69) is 52.3 Å². The average Bonchev–Trinajstić information content (AvgIpc) is 2.56. The van der Waals surface area contributed by atoms with Crippen molar-refractivity contribution < 1.29 is 19.8 Å². The zero-order valence-electron chi connectivity index (χ0n) is 15.4. The summed E-state index contributed by atoms with van der Waals surface area (Å²) in [6.07, 6.45) is 9.53. The summed E-state index contributed by atoms with van der Waals surface area (Å²) < 4.78 is 3.25. The molecule has 0 aromatic carbocycles. The van der Waals surface area contributed by atoms with Gasteiger partial charge in [0.25, 0.3) is 0 Å². The Kier molecular flexibility index (Phi) is 28.4. The Hall–Kier alpha value is -0.0813. The molecular formula is C18H32O4S2Sn. The normalized spacial score (nSPS) is 11.4. The molecule has 0 heterocycles. The molecule has 0 spiro atoms. The Morgan fingerprint density at radius 1 is 0.920 bits per heavy atom. The third-order valence-electron chi connectivity index (χ3n) is 2.74. The number of carbonyl (C=O) groups is 2. The Balaban J connectivity index is -0.000000291. The summed E-state index contributed by atoms with van der Waals surface area (Å²) in [5.74, 6) is -2.29. The second kappa shape index (κ2) is 23.9. The first-order valence-corrected chi connectivity index (χ1v) is 13.6. The molecule has 0 saturated carbocycles. The summed E-state index contributed by atoms with van der Waals surface area (Å²) in [5, 5.41) is 18.3. The first-order chi connectivity index (χ1) is 11.8. The van der Waals surface area contributed by atoms with Gasteiger partial charge in [0.15, 0.2) is 0 Å². The number of allylic oxidation sites excluding steroid dienone is 2. The Morgan fingerprint density at radius 2 is 1.24 bits per heavy atom. The number of thiol groups is 2. The van der Waals surface area contributed by atoms with E-state index < -0.39 is 22.4 Å². The van der Waals surface area contributed by atoms with Crippen LogP contribution in [0.5, 0.6) is 0 Å². The van der Waals surface area contributed by atoms with Crippen LogP contribution in [-0.2, 0) is 9.59 Å². The van der Waals surface area contributed by atoms with Crippen molar-refractivity contribution in [2.24, 2.45) is 0 Å². The molecule has 4 nitrogen and oxygen atoms in total. The predicted octanol–water partition coefficient (Wildman–Crippen LogP) is 2.35. The van der Waals surface area contributed by atoms with Crippen LogP contribution < -0.4 is 10.2 Å². The monoisotopic (exact) mass is 496 g/mol. The third-order valence-corrected chi connectivity index (χ3v) is 7.62. The van der Waals surface area contributed by atoms with E-state index in [1.807, 2.05) is 0 Å². The van der Waals surface area contributed by atoms with Gasteiger partial charge < -0.3 is 19.8 Å². The number of aliphatic carboxylic acids is 2. The molecule has 0 rings (SSSR count). The van der Waals surface area contributed by atoms with Crippen LogP contribution in [0, 0.1) is 0 Å². The van der Waals surface area contributed by atoms with E-state index in [1.54, 1.807) is 8.87 Å². The summed E-state index contributed by atoms with van der Waals surface area (Å²) in [6, 6.07) is 0. The molecule has 0 N–H and O–H groups in total. The number of unbranched alkanes of at least 4 members (excludes halogenated alkanes) is 2. The molecule has 0 aromatic rings. The van der Waals surface area contributed by atoms with Crippen LogP contribution in [0.25, 0.3) is 0 Å². The van der Waals surface area contributed by atoms with Gasteiger partial charge in [-0.15, -0.1) is 13.2 Å². The van der Waals surface area contributed by atoms with Gasteiger partial charge in [-0.3, -0.25) is 0 Å². The maximum absolute atomic E-state index is 9.85. The van der Waals surface area contributed by atoms with Crippen LogP contribution in [0.1, 0.15) is 52.4 Å². The van der Waals surface area contributed by atoms with Gasteiger partial charge >= 0.3 is 69.5 Å². The van der Waals surface area contributed by atoms with Gasteiger partial charge in [0, 0.05) is 10.5 Å². The first kappa shape index (κ1) is 29.7. The van der Waals surface area contributed by atoms with Crippen molar-refractivity contribution in [2.75, 3.05) is 0 Å². The van der Waals surface area contributed by atoms with Crippen molar-refractivity contribution >= 4 is 58.3 Å². The van der Waals surface area contributed by atoms with E-state index in [1.165, 1.54) is 37.8 Å². The summed E-state index contributed by atoms with van der Waals surface area (Å²) in [7, 11) is 0. The average molecular weight is 495 g/mol. The van der Waals surface area contributed by atoms with E-state index in [4.69, 9.17) is 0 Å². The van der Waals surface area contributed by atoms with E-state index >= 15 is 0 Å². The number of hydrogen-bond donors (Lipinski definition) is 2. The number of carbonyl (C=O) groups excluding carboxylic acids is 2. The molecule has 0 aromatic heterocycles. The van der Waals surface area contributed by atoms with E-state index in [9.17, 15) is 19.8 Å².